The Morgan fingerprint density at radius 2 is 1.62 bits per heavy atom. The molecule has 2 aromatic carbocycles. The summed E-state index contributed by atoms with van der Waals surface area (Å²) in [7, 11) is 0. The van der Waals surface area contributed by atoms with Gasteiger partial charge in [-0.3, -0.25) is 0 Å². The zero-order valence-corrected chi connectivity index (χ0v) is 11.9. The number of aliphatic hydroxyl groups is 1. The highest BCUT2D eigenvalue weighted by atomic mass is 19.4. The van der Waals surface area contributed by atoms with Gasteiger partial charge in [0.15, 0.2) is 0 Å². The van der Waals surface area contributed by atoms with Crippen LogP contribution in [0.15, 0.2) is 48.5 Å². The van der Waals surface area contributed by atoms with E-state index in [0.717, 1.165) is 17.7 Å². The van der Waals surface area contributed by atoms with Crippen molar-refractivity contribution in [3.05, 3.63) is 70.8 Å². The largest absolute Gasteiger partial charge is 0.416 e. The predicted molar refractivity (Wildman–Crippen MR) is 75.9 cm³/mol. The Kier molecular flexibility index (Phi) is 4.10. The van der Waals surface area contributed by atoms with Crippen molar-refractivity contribution in [3.8, 4) is 0 Å². The highest BCUT2D eigenvalue weighted by molar-refractivity contribution is 5.37. The Balaban J connectivity index is 2.32. The number of halogens is 3. The van der Waals surface area contributed by atoms with Gasteiger partial charge in [-0.05, 0) is 42.7 Å². The molecule has 2 rings (SSSR count). The minimum atomic E-state index is -4.37. The summed E-state index contributed by atoms with van der Waals surface area (Å²) in [5.41, 5.74) is -0.0265. The molecule has 0 amide bonds. The number of alkyl halides is 3. The van der Waals surface area contributed by atoms with Crippen molar-refractivity contribution < 1.29 is 18.3 Å². The number of benzene rings is 2. The van der Waals surface area contributed by atoms with Crippen LogP contribution in [0.2, 0.25) is 0 Å². The van der Waals surface area contributed by atoms with Crippen LogP contribution < -0.4 is 0 Å². The molecule has 1 atom stereocenters. The van der Waals surface area contributed by atoms with Crippen LogP contribution in [0.5, 0.6) is 0 Å². The normalized spacial score (nSPS) is 14.8. The summed E-state index contributed by atoms with van der Waals surface area (Å²) in [6.45, 7) is 3.21. The Morgan fingerprint density at radius 3 is 2.14 bits per heavy atom. The van der Waals surface area contributed by atoms with E-state index in [0.29, 0.717) is 17.5 Å². The molecule has 1 nitrogen and oxygen atoms in total. The van der Waals surface area contributed by atoms with Crippen molar-refractivity contribution in [3.63, 3.8) is 0 Å². The third-order valence-corrected chi connectivity index (χ3v) is 3.53. The van der Waals surface area contributed by atoms with Gasteiger partial charge in [-0.1, -0.05) is 36.4 Å². The molecular formula is C17H17F3O. The number of rotatable bonds is 3. The molecule has 112 valence electrons. The van der Waals surface area contributed by atoms with E-state index in [1.807, 2.05) is 30.3 Å². The third kappa shape index (κ3) is 3.64. The summed E-state index contributed by atoms with van der Waals surface area (Å²) in [6, 6.07) is 12.8. The second-order valence-electron chi connectivity index (χ2n) is 5.46. The fourth-order valence-corrected chi connectivity index (χ4v) is 2.53. The molecule has 0 aliphatic carbocycles. The van der Waals surface area contributed by atoms with Gasteiger partial charge in [0.2, 0.25) is 0 Å². The molecule has 0 radical (unpaired) electrons. The standard InChI is InChI=1S/C17H17F3O/c1-12-10-14(17(18,19)20)8-9-15(12)16(2,21)11-13-6-4-3-5-7-13/h3-10,21H,11H2,1-2H3. The second-order valence-corrected chi connectivity index (χ2v) is 5.46. The van der Waals surface area contributed by atoms with Gasteiger partial charge in [0.05, 0.1) is 11.2 Å². The molecule has 1 N–H and O–H groups in total. The molecule has 0 saturated carbocycles. The van der Waals surface area contributed by atoms with Crippen molar-refractivity contribution in [2.75, 3.05) is 0 Å². The van der Waals surface area contributed by atoms with E-state index < -0.39 is 17.3 Å². The average molecular weight is 294 g/mol. The first-order valence-electron chi connectivity index (χ1n) is 6.65. The SMILES string of the molecule is Cc1cc(C(F)(F)F)ccc1C(C)(O)Cc1ccccc1. The number of hydrogen-bond donors (Lipinski definition) is 1. The molecule has 0 heterocycles. The summed E-state index contributed by atoms with van der Waals surface area (Å²) in [5, 5.41) is 10.6. The van der Waals surface area contributed by atoms with Crippen LogP contribution in [-0.4, -0.2) is 5.11 Å². The Morgan fingerprint density at radius 1 is 1.00 bits per heavy atom. The zero-order chi connectivity index (χ0) is 15.7. The number of aryl methyl sites for hydroxylation is 1. The van der Waals surface area contributed by atoms with Crippen LogP contribution in [0.25, 0.3) is 0 Å². The lowest BCUT2D eigenvalue weighted by Crippen LogP contribution is -2.25. The van der Waals surface area contributed by atoms with Crippen LogP contribution in [0.1, 0.15) is 29.2 Å². The minimum Gasteiger partial charge on any atom is -0.385 e. The average Bonchev–Trinajstić information content (AvgIpc) is 2.37. The fourth-order valence-electron chi connectivity index (χ4n) is 2.53. The zero-order valence-electron chi connectivity index (χ0n) is 11.9. The summed E-state index contributed by atoms with van der Waals surface area (Å²) >= 11 is 0. The van der Waals surface area contributed by atoms with Gasteiger partial charge in [0.1, 0.15) is 0 Å². The fraction of sp³-hybridized carbons (Fsp3) is 0.294. The van der Waals surface area contributed by atoms with Crippen LogP contribution >= 0.6 is 0 Å². The lowest BCUT2D eigenvalue weighted by Gasteiger charge is -2.26. The summed E-state index contributed by atoms with van der Waals surface area (Å²) in [6.07, 6.45) is -4.02. The van der Waals surface area contributed by atoms with E-state index in [-0.39, 0.29) is 0 Å². The number of hydrogen-bond acceptors (Lipinski definition) is 1. The first kappa shape index (κ1) is 15.6. The maximum absolute atomic E-state index is 12.7. The molecule has 0 fully saturated rings. The van der Waals surface area contributed by atoms with E-state index in [9.17, 15) is 18.3 Å². The molecule has 0 aromatic heterocycles. The maximum atomic E-state index is 12.7. The maximum Gasteiger partial charge on any atom is 0.416 e. The summed E-state index contributed by atoms with van der Waals surface area (Å²) < 4.78 is 38.0. The lowest BCUT2D eigenvalue weighted by atomic mass is 9.86. The van der Waals surface area contributed by atoms with Gasteiger partial charge < -0.3 is 5.11 Å². The minimum absolute atomic E-state index is 0.347. The molecule has 0 saturated heterocycles. The van der Waals surface area contributed by atoms with Crippen molar-refractivity contribution in [2.24, 2.45) is 0 Å². The molecule has 0 bridgehead atoms. The highest BCUT2D eigenvalue weighted by Gasteiger charge is 2.32. The van der Waals surface area contributed by atoms with E-state index in [4.69, 9.17) is 0 Å². The topological polar surface area (TPSA) is 20.2 Å². The van der Waals surface area contributed by atoms with E-state index in [1.165, 1.54) is 6.07 Å². The van der Waals surface area contributed by atoms with Crippen molar-refractivity contribution >= 4 is 0 Å². The smallest absolute Gasteiger partial charge is 0.385 e. The summed E-state index contributed by atoms with van der Waals surface area (Å²) in [5.74, 6) is 0. The van der Waals surface area contributed by atoms with E-state index in [1.54, 1.807) is 13.8 Å². The molecule has 2 aromatic rings. The molecule has 0 aliphatic heterocycles. The van der Waals surface area contributed by atoms with Gasteiger partial charge in [0, 0.05) is 6.42 Å². The van der Waals surface area contributed by atoms with Crippen molar-refractivity contribution in [1.29, 1.82) is 0 Å². The van der Waals surface area contributed by atoms with E-state index in [2.05, 4.69) is 0 Å². The third-order valence-electron chi connectivity index (χ3n) is 3.53. The van der Waals surface area contributed by atoms with Gasteiger partial charge in [0.25, 0.3) is 0 Å². The van der Waals surface area contributed by atoms with Crippen LogP contribution in [0.3, 0.4) is 0 Å². The monoisotopic (exact) mass is 294 g/mol. The quantitative estimate of drug-likeness (QED) is 0.886. The Hall–Kier alpha value is -1.81. The van der Waals surface area contributed by atoms with Crippen molar-refractivity contribution in [2.45, 2.75) is 32.0 Å². The van der Waals surface area contributed by atoms with Crippen LogP contribution in [0.4, 0.5) is 13.2 Å². The summed E-state index contributed by atoms with van der Waals surface area (Å²) in [4.78, 5) is 0. The van der Waals surface area contributed by atoms with Gasteiger partial charge in [-0.15, -0.1) is 0 Å². The second kappa shape index (κ2) is 5.53. The van der Waals surface area contributed by atoms with Crippen LogP contribution in [-0.2, 0) is 18.2 Å². The first-order valence-corrected chi connectivity index (χ1v) is 6.65. The molecule has 4 heteroatoms. The molecule has 21 heavy (non-hydrogen) atoms. The Labute approximate surface area is 122 Å². The van der Waals surface area contributed by atoms with Gasteiger partial charge in [-0.2, -0.15) is 13.2 Å². The van der Waals surface area contributed by atoms with Crippen LogP contribution in [0, 0.1) is 6.92 Å². The van der Waals surface area contributed by atoms with Gasteiger partial charge >= 0.3 is 6.18 Å². The highest BCUT2D eigenvalue weighted by Crippen LogP contribution is 2.34. The van der Waals surface area contributed by atoms with E-state index >= 15 is 0 Å². The predicted octanol–water partition coefficient (Wildman–Crippen LogP) is 4.46. The van der Waals surface area contributed by atoms with Crippen molar-refractivity contribution in [1.82, 2.24) is 0 Å². The first-order chi connectivity index (χ1) is 9.70. The van der Waals surface area contributed by atoms with Gasteiger partial charge in [-0.25, -0.2) is 0 Å². The Bertz CT molecular complexity index is 616. The molecule has 1 unspecified atom stereocenters. The molecule has 0 aliphatic rings. The lowest BCUT2D eigenvalue weighted by molar-refractivity contribution is -0.137. The molecule has 0 spiro atoms. The molecular weight excluding hydrogens is 277 g/mol.